The lowest BCUT2D eigenvalue weighted by Gasteiger charge is -2.04. The van der Waals surface area contributed by atoms with E-state index in [-0.39, 0.29) is 24.6 Å². The molecule has 0 radical (unpaired) electrons. The van der Waals surface area contributed by atoms with Gasteiger partial charge in [0.1, 0.15) is 0 Å². The molecule has 0 amide bonds. The van der Waals surface area contributed by atoms with Crippen LogP contribution in [0.2, 0.25) is 0 Å². The van der Waals surface area contributed by atoms with Crippen LogP contribution < -0.4 is 0 Å². The quantitative estimate of drug-likeness (QED) is 0.390. The van der Waals surface area contributed by atoms with Crippen molar-refractivity contribution >= 4 is 11.8 Å². The normalized spacial score (nSPS) is 10.3. The van der Waals surface area contributed by atoms with Crippen LogP contribution in [0.3, 0.4) is 0 Å². The number of hydrogen-bond acceptors (Lipinski definition) is 3. The Hall–Kier alpha value is -1.64. The predicted octanol–water partition coefficient (Wildman–Crippen LogP) is 3.95. The van der Waals surface area contributed by atoms with Crippen LogP contribution in [0.4, 0.5) is 0 Å². The summed E-state index contributed by atoms with van der Waals surface area (Å²) in [6.07, 6.45) is 5.07. The van der Waals surface area contributed by atoms with Crippen LogP contribution in [-0.2, 0) is 16.0 Å². The molecular weight excluding hydrogens is 252 g/mol. The van der Waals surface area contributed by atoms with Gasteiger partial charge in [-0.15, -0.1) is 0 Å². The zero-order valence-corrected chi connectivity index (χ0v) is 12.5. The van der Waals surface area contributed by atoms with E-state index in [9.17, 15) is 9.59 Å². The van der Waals surface area contributed by atoms with Crippen molar-refractivity contribution in [2.24, 2.45) is 0 Å². The van der Waals surface area contributed by atoms with Crippen LogP contribution in [0, 0.1) is 0 Å². The lowest BCUT2D eigenvalue weighted by molar-refractivity contribution is -0.143. The molecule has 0 heterocycles. The van der Waals surface area contributed by atoms with Crippen molar-refractivity contribution in [1.82, 2.24) is 0 Å². The molecule has 0 N–H and O–H groups in total. The molecule has 0 unspecified atom stereocenters. The second-order valence-electron chi connectivity index (χ2n) is 4.88. The highest BCUT2D eigenvalue weighted by atomic mass is 16.5. The standard InChI is InChI=1S/C17H24O3/c1-3-5-6-7-14-8-10-15(11-9-14)16(18)12-13-17(19)20-4-2/h8-11H,3-7,12-13H2,1-2H3. The molecule has 3 nitrogen and oxygen atoms in total. The van der Waals surface area contributed by atoms with E-state index in [0.717, 1.165) is 6.42 Å². The van der Waals surface area contributed by atoms with E-state index in [1.54, 1.807) is 6.92 Å². The largest absolute Gasteiger partial charge is 0.466 e. The molecule has 1 rings (SSSR count). The Morgan fingerprint density at radius 2 is 1.70 bits per heavy atom. The fourth-order valence-electron chi connectivity index (χ4n) is 2.03. The van der Waals surface area contributed by atoms with Crippen molar-refractivity contribution in [2.75, 3.05) is 6.61 Å². The second kappa shape index (κ2) is 9.29. The minimum Gasteiger partial charge on any atom is -0.466 e. The Morgan fingerprint density at radius 3 is 2.30 bits per heavy atom. The topological polar surface area (TPSA) is 43.4 Å². The summed E-state index contributed by atoms with van der Waals surface area (Å²) in [5.74, 6) is -0.310. The van der Waals surface area contributed by atoms with E-state index in [1.807, 2.05) is 24.3 Å². The zero-order valence-electron chi connectivity index (χ0n) is 12.5. The lowest BCUT2D eigenvalue weighted by atomic mass is 10.0. The van der Waals surface area contributed by atoms with E-state index in [0.29, 0.717) is 12.2 Å². The minimum atomic E-state index is -0.308. The maximum Gasteiger partial charge on any atom is 0.306 e. The number of carbonyl (C=O) groups excluding carboxylic acids is 2. The molecule has 20 heavy (non-hydrogen) atoms. The summed E-state index contributed by atoms with van der Waals surface area (Å²) in [4.78, 5) is 23.1. The molecule has 0 spiro atoms. The molecule has 0 atom stereocenters. The summed E-state index contributed by atoms with van der Waals surface area (Å²) < 4.78 is 4.81. The molecule has 0 bridgehead atoms. The molecule has 1 aromatic rings. The number of Topliss-reactive ketones (excluding diaryl/α,β-unsaturated/α-hetero) is 1. The summed E-state index contributed by atoms with van der Waals surface area (Å²) in [6.45, 7) is 4.31. The van der Waals surface area contributed by atoms with Crippen molar-refractivity contribution in [3.63, 3.8) is 0 Å². The molecule has 0 saturated heterocycles. The number of esters is 1. The van der Waals surface area contributed by atoms with Gasteiger partial charge in [-0.05, 0) is 25.3 Å². The number of aryl methyl sites for hydroxylation is 1. The molecule has 0 fully saturated rings. The molecule has 0 aliphatic carbocycles. The summed E-state index contributed by atoms with van der Waals surface area (Å²) in [5, 5.41) is 0. The number of rotatable bonds is 9. The van der Waals surface area contributed by atoms with Gasteiger partial charge in [0, 0.05) is 12.0 Å². The fourth-order valence-corrected chi connectivity index (χ4v) is 2.03. The molecule has 3 heteroatoms. The average Bonchev–Trinajstić information content (AvgIpc) is 2.46. The first kappa shape index (κ1) is 16.4. The van der Waals surface area contributed by atoms with Crippen molar-refractivity contribution in [3.8, 4) is 0 Å². The average molecular weight is 276 g/mol. The van der Waals surface area contributed by atoms with Gasteiger partial charge in [-0.25, -0.2) is 0 Å². The summed E-state index contributed by atoms with van der Waals surface area (Å²) >= 11 is 0. The molecular formula is C17H24O3. The molecule has 0 saturated carbocycles. The third kappa shape index (κ3) is 6.00. The number of ether oxygens (including phenoxy) is 1. The van der Waals surface area contributed by atoms with Crippen molar-refractivity contribution in [2.45, 2.75) is 52.4 Å². The summed E-state index contributed by atoms with van der Waals surface area (Å²) in [7, 11) is 0. The third-order valence-corrected chi connectivity index (χ3v) is 3.21. The van der Waals surface area contributed by atoms with E-state index in [1.165, 1.54) is 24.8 Å². The number of benzene rings is 1. The predicted molar refractivity (Wildman–Crippen MR) is 79.9 cm³/mol. The third-order valence-electron chi connectivity index (χ3n) is 3.21. The van der Waals surface area contributed by atoms with E-state index in [2.05, 4.69) is 6.92 Å². The molecule has 0 aliphatic heterocycles. The first-order chi connectivity index (χ1) is 9.67. The molecule has 110 valence electrons. The fraction of sp³-hybridized carbons (Fsp3) is 0.529. The summed E-state index contributed by atoms with van der Waals surface area (Å²) in [5.41, 5.74) is 1.94. The highest BCUT2D eigenvalue weighted by Gasteiger charge is 2.09. The maximum atomic E-state index is 11.9. The van der Waals surface area contributed by atoms with Gasteiger partial charge in [-0.2, -0.15) is 0 Å². The van der Waals surface area contributed by atoms with Crippen LogP contribution in [0.15, 0.2) is 24.3 Å². The Balaban J connectivity index is 2.42. The smallest absolute Gasteiger partial charge is 0.306 e. The first-order valence-corrected chi connectivity index (χ1v) is 7.45. The van der Waals surface area contributed by atoms with Crippen LogP contribution in [-0.4, -0.2) is 18.4 Å². The molecule has 0 aromatic heterocycles. The zero-order chi connectivity index (χ0) is 14.8. The Morgan fingerprint density at radius 1 is 1.00 bits per heavy atom. The van der Waals surface area contributed by atoms with Gasteiger partial charge in [0.2, 0.25) is 0 Å². The molecule has 0 aliphatic rings. The van der Waals surface area contributed by atoms with Gasteiger partial charge in [0.05, 0.1) is 13.0 Å². The maximum absolute atomic E-state index is 11.9. The summed E-state index contributed by atoms with van der Waals surface area (Å²) in [6, 6.07) is 7.73. The van der Waals surface area contributed by atoms with Gasteiger partial charge in [0.25, 0.3) is 0 Å². The number of ketones is 1. The first-order valence-electron chi connectivity index (χ1n) is 7.45. The second-order valence-corrected chi connectivity index (χ2v) is 4.88. The van der Waals surface area contributed by atoms with Crippen molar-refractivity contribution < 1.29 is 14.3 Å². The van der Waals surface area contributed by atoms with Gasteiger partial charge >= 0.3 is 5.97 Å². The SMILES string of the molecule is CCCCCc1ccc(C(=O)CCC(=O)OCC)cc1. The monoisotopic (exact) mass is 276 g/mol. The highest BCUT2D eigenvalue weighted by Crippen LogP contribution is 2.11. The van der Waals surface area contributed by atoms with E-state index < -0.39 is 0 Å². The number of unbranched alkanes of at least 4 members (excludes halogenated alkanes) is 2. The van der Waals surface area contributed by atoms with Crippen LogP contribution >= 0.6 is 0 Å². The van der Waals surface area contributed by atoms with Crippen LogP contribution in [0.1, 0.15) is 61.9 Å². The number of carbonyl (C=O) groups is 2. The number of hydrogen-bond donors (Lipinski definition) is 0. The van der Waals surface area contributed by atoms with Gasteiger partial charge in [-0.3, -0.25) is 9.59 Å². The molecule has 1 aromatic carbocycles. The lowest BCUT2D eigenvalue weighted by Crippen LogP contribution is -2.08. The van der Waals surface area contributed by atoms with E-state index in [4.69, 9.17) is 4.74 Å². The van der Waals surface area contributed by atoms with Crippen molar-refractivity contribution in [3.05, 3.63) is 35.4 Å². The van der Waals surface area contributed by atoms with Crippen LogP contribution in [0.25, 0.3) is 0 Å². The highest BCUT2D eigenvalue weighted by molar-refractivity contribution is 5.97. The van der Waals surface area contributed by atoms with E-state index >= 15 is 0 Å². The minimum absolute atomic E-state index is 0.00170. The van der Waals surface area contributed by atoms with Gasteiger partial charge < -0.3 is 4.74 Å². The van der Waals surface area contributed by atoms with Gasteiger partial charge in [0.15, 0.2) is 5.78 Å². The Labute approximate surface area is 121 Å². The Bertz CT molecular complexity index is 420. The van der Waals surface area contributed by atoms with Crippen LogP contribution in [0.5, 0.6) is 0 Å². The Kier molecular flexibility index (Phi) is 7.63. The van der Waals surface area contributed by atoms with Gasteiger partial charge in [-0.1, -0.05) is 44.0 Å². The van der Waals surface area contributed by atoms with Crippen molar-refractivity contribution in [1.29, 1.82) is 0 Å².